The average Bonchev–Trinajstić information content (AvgIpc) is 2.65. The van der Waals surface area contributed by atoms with Crippen LogP contribution in [0.3, 0.4) is 0 Å². The second-order valence-electron chi connectivity index (χ2n) is 6.35. The Bertz CT molecular complexity index is 607. The highest BCUT2D eigenvalue weighted by atomic mass is 16.5. The number of aliphatic hydroxyl groups is 1. The summed E-state index contributed by atoms with van der Waals surface area (Å²) < 4.78 is 5.20. The highest BCUT2D eigenvalue weighted by Gasteiger charge is 2.19. The van der Waals surface area contributed by atoms with Gasteiger partial charge in [-0.1, -0.05) is 42.5 Å². The number of piperazine rings is 1. The Kier molecular flexibility index (Phi) is 5.86. The topological polar surface area (TPSA) is 35.9 Å². The third-order valence-electron chi connectivity index (χ3n) is 4.65. The number of methoxy groups -OCH3 is 1. The maximum Gasteiger partial charge on any atom is 0.118 e. The monoisotopic (exact) mass is 326 g/mol. The molecule has 0 amide bonds. The second kappa shape index (κ2) is 8.29. The first-order valence-corrected chi connectivity index (χ1v) is 8.55. The summed E-state index contributed by atoms with van der Waals surface area (Å²) in [6.07, 6.45) is -0.403. The third-order valence-corrected chi connectivity index (χ3v) is 4.65. The molecule has 0 bridgehead atoms. The Morgan fingerprint density at radius 1 is 0.917 bits per heavy atom. The van der Waals surface area contributed by atoms with Gasteiger partial charge in [0.25, 0.3) is 0 Å². The summed E-state index contributed by atoms with van der Waals surface area (Å²) in [5, 5.41) is 10.4. The van der Waals surface area contributed by atoms with E-state index in [2.05, 4.69) is 21.9 Å². The first kappa shape index (κ1) is 17.0. The third kappa shape index (κ3) is 4.57. The van der Waals surface area contributed by atoms with Gasteiger partial charge in [0, 0.05) is 39.3 Å². The first-order valence-electron chi connectivity index (χ1n) is 8.55. The lowest BCUT2D eigenvalue weighted by Crippen LogP contribution is -2.47. The van der Waals surface area contributed by atoms with Gasteiger partial charge in [-0.2, -0.15) is 0 Å². The van der Waals surface area contributed by atoms with E-state index in [0.29, 0.717) is 6.54 Å². The number of nitrogens with zero attached hydrogens (tertiary/aromatic N) is 2. The molecule has 24 heavy (non-hydrogen) atoms. The summed E-state index contributed by atoms with van der Waals surface area (Å²) in [5.74, 6) is 0.901. The van der Waals surface area contributed by atoms with Gasteiger partial charge in [-0.05, 0) is 23.3 Å². The predicted octanol–water partition coefficient (Wildman–Crippen LogP) is 2.55. The molecule has 0 spiro atoms. The molecule has 128 valence electrons. The number of rotatable bonds is 6. The Morgan fingerprint density at radius 3 is 2.17 bits per heavy atom. The van der Waals surface area contributed by atoms with Crippen molar-refractivity contribution in [1.29, 1.82) is 0 Å². The van der Waals surface area contributed by atoms with Gasteiger partial charge in [0.05, 0.1) is 13.2 Å². The van der Waals surface area contributed by atoms with Crippen molar-refractivity contribution in [2.75, 3.05) is 39.8 Å². The number of benzene rings is 2. The predicted molar refractivity (Wildman–Crippen MR) is 96.1 cm³/mol. The van der Waals surface area contributed by atoms with Crippen molar-refractivity contribution in [2.24, 2.45) is 0 Å². The van der Waals surface area contributed by atoms with Gasteiger partial charge in [0.1, 0.15) is 5.75 Å². The fourth-order valence-electron chi connectivity index (χ4n) is 3.14. The Balaban J connectivity index is 1.45. The van der Waals surface area contributed by atoms with Crippen molar-refractivity contribution in [3.63, 3.8) is 0 Å². The maximum absolute atomic E-state index is 10.4. The molecular formula is C20H26N2O2. The van der Waals surface area contributed by atoms with Crippen molar-refractivity contribution in [1.82, 2.24) is 9.80 Å². The van der Waals surface area contributed by atoms with Crippen LogP contribution in [-0.2, 0) is 6.54 Å². The fourth-order valence-corrected chi connectivity index (χ4v) is 3.14. The minimum Gasteiger partial charge on any atom is -0.497 e. The molecule has 0 aromatic heterocycles. The van der Waals surface area contributed by atoms with E-state index in [1.54, 1.807) is 7.11 Å². The van der Waals surface area contributed by atoms with Crippen LogP contribution in [0.25, 0.3) is 0 Å². The summed E-state index contributed by atoms with van der Waals surface area (Å²) in [6.45, 7) is 5.75. The van der Waals surface area contributed by atoms with Crippen LogP contribution in [0.4, 0.5) is 0 Å². The minimum absolute atomic E-state index is 0.403. The summed E-state index contributed by atoms with van der Waals surface area (Å²) in [6, 6.07) is 18.2. The highest BCUT2D eigenvalue weighted by Crippen LogP contribution is 2.17. The van der Waals surface area contributed by atoms with Crippen LogP contribution in [0.2, 0.25) is 0 Å². The van der Waals surface area contributed by atoms with Gasteiger partial charge in [-0.25, -0.2) is 0 Å². The zero-order chi connectivity index (χ0) is 16.8. The van der Waals surface area contributed by atoms with Gasteiger partial charge in [0.15, 0.2) is 0 Å². The highest BCUT2D eigenvalue weighted by molar-refractivity contribution is 5.27. The first-order chi connectivity index (χ1) is 11.7. The van der Waals surface area contributed by atoms with E-state index in [9.17, 15) is 5.11 Å². The van der Waals surface area contributed by atoms with Gasteiger partial charge < -0.3 is 9.84 Å². The zero-order valence-electron chi connectivity index (χ0n) is 14.3. The minimum atomic E-state index is -0.403. The summed E-state index contributed by atoms with van der Waals surface area (Å²) in [5.41, 5.74) is 2.31. The van der Waals surface area contributed by atoms with Crippen molar-refractivity contribution >= 4 is 0 Å². The largest absolute Gasteiger partial charge is 0.497 e. The smallest absolute Gasteiger partial charge is 0.118 e. The Labute approximate surface area is 144 Å². The van der Waals surface area contributed by atoms with Crippen molar-refractivity contribution in [2.45, 2.75) is 12.6 Å². The molecular weight excluding hydrogens is 300 g/mol. The molecule has 0 saturated carbocycles. The molecule has 1 saturated heterocycles. The molecule has 1 aliphatic rings. The number of hydrogen-bond donors (Lipinski definition) is 1. The van der Waals surface area contributed by atoms with E-state index in [4.69, 9.17) is 4.74 Å². The molecule has 0 aliphatic carbocycles. The average molecular weight is 326 g/mol. The lowest BCUT2D eigenvalue weighted by atomic mass is 10.1. The van der Waals surface area contributed by atoms with Gasteiger partial charge >= 0.3 is 0 Å². The number of β-amino-alcohol motifs (C(OH)–C–C–N with tert-alkyl or cyclic N) is 1. The van der Waals surface area contributed by atoms with Crippen molar-refractivity contribution < 1.29 is 9.84 Å². The van der Waals surface area contributed by atoms with Crippen LogP contribution in [0.1, 0.15) is 17.2 Å². The molecule has 0 unspecified atom stereocenters. The molecule has 1 fully saturated rings. The fraction of sp³-hybridized carbons (Fsp3) is 0.400. The van der Waals surface area contributed by atoms with E-state index in [0.717, 1.165) is 44.0 Å². The number of ether oxygens (including phenoxy) is 1. The molecule has 1 heterocycles. The standard InChI is InChI=1S/C20H26N2O2/c1-24-19-9-7-17(8-10-19)15-21-11-13-22(14-12-21)16-20(23)18-5-3-2-4-6-18/h2-10,20,23H,11-16H2,1H3/t20-/m0/s1. The van der Waals surface area contributed by atoms with Crippen molar-refractivity contribution in [3.05, 3.63) is 65.7 Å². The van der Waals surface area contributed by atoms with Gasteiger partial charge in [-0.3, -0.25) is 9.80 Å². The SMILES string of the molecule is COc1ccc(CN2CCN(C[C@H](O)c3ccccc3)CC2)cc1. The molecule has 1 N–H and O–H groups in total. The van der Waals surface area contributed by atoms with E-state index < -0.39 is 6.10 Å². The second-order valence-corrected chi connectivity index (χ2v) is 6.35. The molecule has 0 radical (unpaired) electrons. The van der Waals surface area contributed by atoms with E-state index in [1.165, 1.54) is 5.56 Å². The van der Waals surface area contributed by atoms with E-state index in [-0.39, 0.29) is 0 Å². The molecule has 1 atom stereocenters. The zero-order valence-corrected chi connectivity index (χ0v) is 14.3. The maximum atomic E-state index is 10.4. The Hall–Kier alpha value is -1.88. The van der Waals surface area contributed by atoms with Crippen LogP contribution in [0.5, 0.6) is 5.75 Å². The van der Waals surface area contributed by atoms with E-state index >= 15 is 0 Å². The lowest BCUT2D eigenvalue weighted by molar-refractivity contribution is 0.0701. The van der Waals surface area contributed by atoms with Crippen LogP contribution in [-0.4, -0.2) is 54.7 Å². The molecule has 4 nitrogen and oxygen atoms in total. The van der Waals surface area contributed by atoms with Crippen LogP contribution in [0.15, 0.2) is 54.6 Å². The van der Waals surface area contributed by atoms with Gasteiger partial charge in [-0.15, -0.1) is 0 Å². The van der Waals surface area contributed by atoms with Crippen LogP contribution >= 0.6 is 0 Å². The molecule has 1 aliphatic heterocycles. The molecule has 3 rings (SSSR count). The summed E-state index contributed by atoms with van der Waals surface area (Å²) in [4.78, 5) is 4.81. The van der Waals surface area contributed by atoms with Crippen LogP contribution < -0.4 is 4.74 Å². The Morgan fingerprint density at radius 2 is 1.54 bits per heavy atom. The molecule has 2 aromatic carbocycles. The normalized spacial score (nSPS) is 17.6. The lowest BCUT2D eigenvalue weighted by Gasteiger charge is -2.35. The number of hydrogen-bond acceptors (Lipinski definition) is 4. The molecule has 2 aromatic rings. The molecule has 4 heteroatoms. The number of aliphatic hydroxyl groups excluding tert-OH is 1. The van der Waals surface area contributed by atoms with Crippen molar-refractivity contribution in [3.8, 4) is 5.75 Å². The van der Waals surface area contributed by atoms with Crippen LogP contribution in [0, 0.1) is 0 Å². The quantitative estimate of drug-likeness (QED) is 0.885. The van der Waals surface area contributed by atoms with Gasteiger partial charge in [0.2, 0.25) is 0 Å². The summed E-state index contributed by atoms with van der Waals surface area (Å²) >= 11 is 0. The van der Waals surface area contributed by atoms with E-state index in [1.807, 2.05) is 42.5 Å². The summed E-state index contributed by atoms with van der Waals surface area (Å²) in [7, 11) is 1.69.